The van der Waals surface area contributed by atoms with Gasteiger partial charge in [-0.2, -0.15) is 0 Å². The molecular formula is C15H24N2O2. The Morgan fingerprint density at radius 2 is 2.05 bits per heavy atom. The third-order valence-electron chi connectivity index (χ3n) is 3.21. The Labute approximate surface area is 115 Å². The van der Waals surface area contributed by atoms with Gasteiger partial charge >= 0.3 is 5.97 Å². The molecule has 0 amide bonds. The van der Waals surface area contributed by atoms with Crippen molar-refractivity contribution >= 4 is 17.3 Å². The summed E-state index contributed by atoms with van der Waals surface area (Å²) in [6.07, 6.45) is 3.42. The summed E-state index contributed by atoms with van der Waals surface area (Å²) in [6.45, 7) is 7.26. The number of nitrogen functional groups attached to an aromatic ring is 1. The number of rotatable bonds is 7. The topological polar surface area (TPSA) is 66.6 Å². The summed E-state index contributed by atoms with van der Waals surface area (Å²) in [4.78, 5) is 13.2. The van der Waals surface area contributed by atoms with Gasteiger partial charge in [0.25, 0.3) is 0 Å². The van der Waals surface area contributed by atoms with Gasteiger partial charge in [0.2, 0.25) is 0 Å². The van der Waals surface area contributed by atoms with Gasteiger partial charge in [-0.15, -0.1) is 0 Å². The maximum Gasteiger partial charge on any atom is 0.335 e. The molecule has 0 aliphatic heterocycles. The van der Waals surface area contributed by atoms with Crippen LogP contribution in [-0.4, -0.2) is 23.7 Å². The van der Waals surface area contributed by atoms with Crippen molar-refractivity contribution in [1.82, 2.24) is 0 Å². The molecule has 1 aromatic rings. The average molecular weight is 264 g/mol. The number of carboxylic acids is 1. The highest BCUT2D eigenvalue weighted by atomic mass is 16.4. The molecule has 0 fully saturated rings. The van der Waals surface area contributed by atoms with Crippen molar-refractivity contribution in [2.24, 2.45) is 0 Å². The molecule has 4 heteroatoms. The molecule has 0 heterocycles. The Morgan fingerprint density at radius 3 is 2.58 bits per heavy atom. The summed E-state index contributed by atoms with van der Waals surface area (Å²) in [7, 11) is 0. The standard InChI is InChI=1S/C15H24N2O2/c1-4-5-6-9-17(11(2)3)14-10-12(15(18)19)7-8-13(14)16/h7-8,10-11H,4-6,9,16H2,1-3H3,(H,18,19). The summed E-state index contributed by atoms with van der Waals surface area (Å²) in [5.74, 6) is -0.918. The number of carbonyl (C=O) groups is 1. The highest BCUT2D eigenvalue weighted by Gasteiger charge is 2.15. The molecule has 0 bridgehead atoms. The number of hydrogen-bond acceptors (Lipinski definition) is 3. The van der Waals surface area contributed by atoms with E-state index in [1.54, 1.807) is 18.2 Å². The van der Waals surface area contributed by atoms with Crippen LogP contribution >= 0.6 is 0 Å². The van der Waals surface area contributed by atoms with E-state index < -0.39 is 5.97 Å². The van der Waals surface area contributed by atoms with E-state index in [1.165, 1.54) is 6.42 Å². The van der Waals surface area contributed by atoms with E-state index in [-0.39, 0.29) is 5.56 Å². The average Bonchev–Trinajstić information content (AvgIpc) is 2.35. The Kier molecular flexibility index (Phi) is 5.67. The van der Waals surface area contributed by atoms with Crippen molar-refractivity contribution in [1.29, 1.82) is 0 Å². The molecule has 106 valence electrons. The summed E-state index contributed by atoms with van der Waals surface area (Å²) >= 11 is 0. The number of unbranched alkanes of at least 4 members (excludes halogenated alkanes) is 2. The second-order valence-electron chi connectivity index (χ2n) is 5.07. The first-order chi connectivity index (χ1) is 8.97. The Balaban J connectivity index is 3.00. The predicted octanol–water partition coefficient (Wildman–Crippen LogP) is 3.37. The predicted molar refractivity (Wildman–Crippen MR) is 79.8 cm³/mol. The molecule has 4 nitrogen and oxygen atoms in total. The monoisotopic (exact) mass is 264 g/mol. The fourth-order valence-electron chi connectivity index (χ4n) is 2.11. The van der Waals surface area contributed by atoms with E-state index in [0.29, 0.717) is 11.7 Å². The van der Waals surface area contributed by atoms with Crippen LogP contribution in [0.15, 0.2) is 18.2 Å². The van der Waals surface area contributed by atoms with Gasteiger partial charge in [0.1, 0.15) is 0 Å². The second kappa shape index (κ2) is 7.02. The van der Waals surface area contributed by atoms with Crippen molar-refractivity contribution in [3.8, 4) is 0 Å². The number of carboxylic acid groups (broad SMARTS) is 1. The first-order valence-electron chi connectivity index (χ1n) is 6.86. The zero-order valence-corrected chi connectivity index (χ0v) is 12.0. The van der Waals surface area contributed by atoms with Gasteiger partial charge in [0.05, 0.1) is 16.9 Å². The van der Waals surface area contributed by atoms with Crippen molar-refractivity contribution < 1.29 is 9.90 Å². The quantitative estimate of drug-likeness (QED) is 0.585. The first-order valence-corrected chi connectivity index (χ1v) is 6.86. The van der Waals surface area contributed by atoms with E-state index in [2.05, 4.69) is 25.7 Å². The molecular weight excluding hydrogens is 240 g/mol. The van der Waals surface area contributed by atoms with Crippen molar-refractivity contribution in [3.63, 3.8) is 0 Å². The number of hydrogen-bond donors (Lipinski definition) is 2. The third-order valence-corrected chi connectivity index (χ3v) is 3.21. The summed E-state index contributed by atoms with van der Waals surface area (Å²) in [5, 5.41) is 9.08. The van der Waals surface area contributed by atoms with Crippen LogP contribution in [0.25, 0.3) is 0 Å². The molecule has 0 aromatic heterocycles. The van der Waals surface area contributed by atoms with Crippen LogP contribution in [0.5, 0.6) is 0 Å². The number of aromatic carboxylic acids is 1. The summed E-state index contributed by atoms with van der Waals surface area (Å²) < 4.78 is 0. The van der Waals surface area contributed by atoms with Gasteiger partial charge in [-0.05, 0) is 38.5 Å². The lowest BCUT2D eigenvalue weighted by atomic mass is 10.1. The summed E-state index contributed by atoms with van der Waals surface area (Å²) in [5.41, 5.74) is 7.74. The fraction of sp³-hybridized carbons (Fsp3) is 0.533. The van der Waals surface area contributed by atoms with Gasteiger partial charge in [-0.1, -0.05) is 19.8 Å². The van der Waals surface area contributed by atoms with Gasteiger partial charge in [0.15, 0.2) is 0 Å². The molecule has 0 aliphatic carbocycles. The minimum absolute atomic E-state index is 0.283. The molecule has 0 spiro atoms. The molecule has 0 radical (unpaired) electrons. The molecule has 1 aromatic carbocycles. The summed E-state index contributed by atoms with van der Waals surface area (Å²) in [6, 6.07) is 5.19. The minimum Gasteiger partial charge on any atom is -0.478 e. The van der Waals surface area contributed by atoms with Crippen LogP contribution in [-0.2, 0) is 0 Å². The molecule has 1 rings (SSSR count). The first kappa shape index (κ1) is 15.3. The fourth-order valence-corrected chi connectivity index (χ4v) is 2.11. The zero-order valence-electron chi connectivity index (χ0n) is 12.0. The van der Waals surface area contributed by atoms with Crippen LogP contribution in [0.1, 0.15) is 50.4 Å². The van der Waals surface area contributed by atoms with Gasteiger partial charge in [0, 0.05) is 12.6 Å². The van der Waals surface area contributed by atoms with Crippen molar-refractivity contribution in [3.05, 3.63) is 23.8 Å². The van der Waals surface area contributed by atoms with E-state index in [1.807, 2.05) is 0 Å². The van der Waals surface area contributed by atoms with Crippen LogP contribution < -0.4 is 10.6 Å². The van der Waals surface area contributed by atoms with Gasteiger partial charge < -0.3 is 15.7 Å². The number of nitrogens with two attached hydrogens (primary N) is 1. The molecule has 19 heavy (non-hydrogen) atoms. The third kappa shape index (κ3) is 4.16. The lowest BCUT2D eigenvalue weighted by molar-refractivity contribution is 0.0697. The number of nitrogens with zero attached hydrogens (tertiary/aromatic N) is 1. The lowest BCUT2D eigenvalue weighted by Gasteiger charge is -2.30. The molecule has 0 unspecified atom stereocenters. The zero-order chi connectivity index (χ0) is 14.4. The molecule has 0 aliphatic rings. The Morgan fingerprint density at radius 1 is 1.37 bits per heavy atom. The van der Waals surface area contributed by atoms with Crippen LogP contribution in [0.2, 0.25) is 0 Å². The number of anilines is 2. The van der Waals surface area contributed by atoms with Gasteiger partial charge in [-0.3, -0.25) is 0 Å². The SMILES string of the molecule is CCCCCN(c1cc(C(=O)O)ccc1N)C(C)C. The van der Waals surface area contributed by atoms with Gasteiger partial charge in [-0.25, -0.2) is 4.79 Å². The Hall–Kier alpha value is -1.71. The van der Waals surface area contributed by atoms with E-state index in [9.17, 15) is 4.79 Å². The van der Waals surface area contributed by atoms with E-state index in [0.717, 1.165) is 25.1 Å². The van der Waals surface area contributed by atoms with E-state index in [4.69, 9.17) is 10.8 Å². The van der Waals surface area contributed by atoms with Crippen molar-refractivity contribution in [2.75, 3.05) is 17.2 Å². The van der Waals surface area contributed by atoms with Crippen LogP contribution in [0.3, 0.4) is 0 Å². The highest BCUT2D eigenvalue weighted by Crippen LogP contribution is 2.27. The van der Waals surface area contributed by atoms with Crippen LogP contribution in [0.4, 0.5) is 11.4 Å². The maximum atomic E-state index is 11.1. The normalized spacial score (nSPS) is 10.7. The maximum absolute atomic E-state index is 11.1. The highest BCUT2D eigenvalue weighted by molar-refractivity contribution is 5.90. The molecule has 0 atom stereocenters. The largest absolute Gasteiger partial charge is 0.478 e. The van der Waals surface area contributed by atoms with Crippen LogP contribution in [0, 0.1) is 0 Å². The molecule has 3 N–H and O–H groups in total. The second-order valence-corrected chi connectivity index (χ2v) is 5.07. The molecule has 0 saturated heterocycles. The van der Waals surface area contributed by atoms with Crippen molar-refractivity contribution in [2.45, 2.75) is 46.1 Å². The smallest absolute Gasteiger partial charge is 0.335 e. The Bertz CT molecular complexity index is 430. The number of benzene rings is 1. The minimum atomic E-state index is -0.918. The molecule has 0 saturated carbocycles. The van der Waals surface area contributed by atoms with E-state index >= 15 is 0 Å². The lowest BCUT2D eigenvalue weighted by Crippen LogP contribution is -2.32.